The standard InChI is InChI=1S/C28H29ClN6O2/c1-18-7-5-8-20-15-23(27(36)30-24(18)20)25(26-31-32-33-35(26)28(2,3)4)34(17-22-9-6-14-37-22)16-19-10-12-21(29)13-11-19/h5-15,25H,16-17H2,1-4H3,(H,30,36)/t25-/m1/s1. The van der Waals surface area contributed by atoms with E-state index in [0.29, 0.717) is 29.5 Å². The van der Waals surface area contributed by atoms with Gasteiger partial charge in [-0.25, -0.2) is 4.68 Å². The fourth-order valence-corrected chi connectivity index (χ4v) is 4.74. The molecule has 0 saturated carbocycles. The maximum atomic E-state index is 13.7. The van der Waals surface area contributed by atoms with Crippen LogP contribution in [0.1, 0.15) is 55.1 Å². The summed E-state index contributed by atoms with van der Waals surface area (Å²) in [6.07, 6.45) is 1.65. The van der Waals surface area contributed by atoms with E-state index in [1.54, 1.807) is 10.9 Å². The molecule has 0 amide bonds. The lowest BCUT2D eigenvalue weighted by atomic mass is 10.00. The summed E-state index contributed by atoms with van der Waals surface area (Å²) in [6.45, 7) is 9.03. The largest absolute Gasteiger partial charge is 0.468 e. The average Bonchev–Trinajstić information content (AvgIpc) is 3.54. The SMILES string of the molecule is Cc1cccc2cc([C@H](c3nnnn3C(C)(C)C)N(Cc3ccc(Cl)cc3)Cc3ccco3)c(=O)[nH]c12. The van der Waals surface area contributed by atoms with Crippen molar-refractivity contribution in [3.8, 4) is 0 Å². The van der Waals surface area contributed by atoms with Crippen molar-refractivity contribution in [1.82, 2.24) is 30.1 Å². The van der Waals surface area contributed by atoms with Crippen LogP contribution in [-0.4, -0.2) is 30.1 Å². The molecule has 9 heteroatoms. The number of nitrogens with zero attached hydrogens (tertiary/aromatic N) is 5. The number of aryl methyl sites for hydroxylation is 1. The lowest BCUT2D eigenvalue weighted by Gasteiger charge is -2.32. The molecule has 0 aliphatic rings. The van der Waals surface area contributed by atoms with Gasteiger partial charge >= 0.3 is 0 Å². The molecule has 3 heterocycles. The molecule has 0 fully saturated rings. The lowest BCUT2D eigenvalue weighted by molar-refractivity contribution is 0.171. The molecule has 3 aromatic heterocycles. The van der Waals surface area contributed by atoms with E-state index in [1.807, 2.05) is 88.4 Å². The number of fused-ring (bicyclic) bond motifs is 1. The van der Waals surface area contributed by atoms with Gasteiger partial charge in [-0.15, -0.1) is 5.10 Å². The first-order chi connectivity index (χ1) is 17.7. The summed E-state index contributed by atoms with van der Waals surface area (Å²) in [4.78, 5) is 19.0. The smallest absolute Gasteiger partial charge is 0.253 e. The maximum Gasteiger partial charge on any atom is 0.253 e. The quantitative estimate of drug-likeness (QED) is 0.302. The third-order valence-electron chi connectivity index (χ3n) is 6.39. The molecule has 2 aromatic carbocycles. The third kappa shape index (κ3) is 5.21. The predicted molar refractivity (Wildman–Crippen MR) is 143 cm³/mol. The summed E-state index contributed by atoms with van der Waals surface area (Å²) in [5.74, 6) is 1.34. The molecule has 8 nitrogen and oxygen atoms in total. The van der Waals surface area contributed by atoms with Crippen LogP contribution < -0.4 is 5.56 Å². The molecule has 0 aliphatic carbocycles. The van der Waals surface area contributed by atoms with Crippen LogP contribution >= 0.6 is 11.6 Å². The van der Waals surface area contributed by atoms with E-state index in [4.69, 9.17) is 16.0 Å². The molecular weight excluding hydrogens is 488 g/mol. The summed E-state index contributed by atoms with van der Waals surface area (Å²) in [6, 6.07) is 18.8. The Morgan fingerprint density at radius 3 is 2.57 bits per heavy atom. The molecule has 0 radical (unpaired) electrons. The number of hydrogen-bond acceptors (Lipinski definition) is 6. The summed E-state index contributed by atoms with van der Waals surface area (Å²) < 4.78 is 7.52. The number of aromatic nitrogens is 5. The van der Waals surface area contributed by atoms with E-state index in [2.05, 4.69) is 25.4 Å². The Kier molecular flexibility index (Phi) is 6.70. The number of aromatic amines is 1. The van der Waals surface area contributed by atoms with Crippen LogP contribution in [-0.2, 0) is 18.6 Å². The molecule has 0 saturated heterocycles. The van der Waals surface area contributed by atoms with Crippen molar-refractivity contribution < 1.29 is 4.42 Å². The van der Waals surface area contributed by atoms with E-state index < -0.39 is 11.6 Å². The second-order valence-electron chi connectivity index (χ2n) is 10.2. The topological polar surface area (TPSA) is 92.8 Å². The fourth-order valence-electron chi connectivity index (χ4n) is 4.61. The molecule has 0 aliphatic heterocycles. The molecule has 190 valence electrons. The van der Waals surface area contributed by atoms with Crippen molar-refractivity contribution in [2.45, 2.75) is 52.4 Å². The minimum atomic E-state index is -0.566. The molecule has 0 bridgehead atoms. The van der Waals surface area contributed by atoms with E-state index in [0.717, 1.165) is 27.8 Å². The second-order valence-corrected chi connectivity index (χ2v) is 10.7. The number of H-pyrrole nitrogens is 1. The first-order valence-electron chi connectivity index (χ1n) is 12.1. The number of nitrogens with one attached hydrogen (secondary N) is 1. The number of para-hydroxylation sites is 1. The Balaban J connectivity index is 1.73. The van der Waals surface area contributed by atoms with Gasteiger partial charge in [-0.1, -0.05) is 41.9 Å². The number of furan rings is 1. The molecule has 1 N–H and O–H groups in total. The molecule has 1 atom stereocenters. The molecule has 37 heavy (non-hydrogen) atoms. The molecule has 5 rings (SSSR count). The van der Waals surface area contributed by atoms with Gasteiger partial charge in [0.1, 0.15) is 11.8 Å². The summed E-state index contributed by atoms with van der Waals surface area (Å²) in [7, 11) is 0. The highest BCUT2D eigenvalue weighted by Gasteiger charge is 2.34. The Hall–Kier alpha value is -3.75. The van der Waals surface area contributed by atoms with Gasteiger partial charge in [0, 0.05) is 17.1 Å². The average molecular weight is 517 g/mol. The van der Waals surface area contributed by atoms with Gasteiger partial charge in [0.05, 0.1) is 23.9 Å². The van der Waals surface area contributed by atoms with Crippen LogP contribution in [0.15, 0.2) is 76.1 Å². The van der Waals surface area contributed by atoms with Crippen LogP contribution in [0.5, 0.6) is 0 Å². The van der Waals surface area contributed by atoms with Crippen LogP contribution in [0.3, 0.4) is 0 Å². The fraction of sp³-hybridized carbons (Fsp3) is 0.286. The molecule has 0 unspecified atom stereocenters. The van der Waals surface area contributed by atoms with Gasteiger partial charge in [0.15, 0.2) is 5.82 Å². The zero-order chi connectivity index (χ0) is 26.2. The number of pyridine rings is 1. The predicted octanol–water partition coefficient (Wildman–Crippen LogP) is 5.62. The Labute approximate surface area is 219 Å². The minimum absolute atomic E-state index is 0.184. The van der Waals surface area contributed by atoms with Gasteiger partial charge in [0.2, 0.25) is 0 Å². The summed E-state index contributed by atoms with van der Waals surface area (Å²) in [5, 5.41) is 14.4. The number of benzene rings is 2. The highest BCUT2D eigenvalue weighted by Crippen LogP contribution is 2.32. The molecule has 0 spiro atoms. The zero-order valence-electron chi connectivity index (χ0n) is 21.3. The Morgan fingerprint density at radius 2 is 1.86 bits per heavy atom. The number of halogens is 1. The van der Waals surface area contributed by atoms with Gasteiger partial charge in [-0.2, -0.15) is 0 Å². The monoisotopic (exact) mass is 516 g/mol. The van der Waals surface area contributed by atoms with Crippen LogP contribution in [0.25, 0.3) is 10.9 Å². The van der Waals surface area contributed by atoms with Crippen molar-refractivity contribution in [3.63, 3.8) is 0 Å². The Morgan fingerprint density at radius 1 is 1.08 bits per heavy atom. The van der Waals surface area contributed by atoms with Crippen molar-refractivity contribution in [1.29, 1.82) is 0 Å². The van der Waals surface area contributed by atoms with Gasteiger partial charge in [-0.05, 0) is 85.0 Å². The summed E-state index contributed by atoms with van der Waals surface area (Å²) >= 11 is 6.16. The van der Waals surface area contributed by atoms with Crippen LogP contribution in [0.4, 0.5) is 0 Å². The van der Waals surface area contributed by atoms with Crippen LogP contribution in [0.2, 0.25) is 5.02 Å². The lowest BCUT2D eigenvalue weighted by Crippen LogP contribution is -2.37. The normalized spacial score (nSPS) is 12.9. The van der Waals surface area contributed by atoms with Crippen molar-refractivity contribution in [3.05, 3.63) is 111 Å². The van der Waals surface area contributed by atoms with Gasteiger partial charge in [-0.3, -0.25) is 9.69 Å². The third-order valence-corrected chi connectivity index (χ3v) is 6.64. The van der Waals surface area contributed by atoms with E-state index in [9.17, 15) is 4.79 Å². The second kappa shape index (κ2) is 9.95. The maximum absolute atomic E-state index is 13.7. The van der Waals surface area contributed by atoms with E-state index in [-0.39, 0.29) is 5.56 Å². The van der Waals surface area contributed by atoms with Crippen LogP contribution in [0, 0.1) is 6.92 Å². The van der Waals surface area contributed by atoms with Crippen molar-refractivity contribution in [2.24, 2.45) is 0 Å². The first kappa shape index (κ1) is 24.9. The van der Waals surface area contributed by atoms with E-state index in [1.165, 1.54) is 0 Å². The zero-order valence-corrected chi connectivity index (χ0v) is 22.0. The first-order valence-corrected chi connectivity index (χ1v) is 12.5. The van der Waals surface area contributed by atoms with E-state index >= 15 is 0 Å². The Bertz CT molecular complexity index is 1570. The molecule has 5 aromatic rings. The van der Waals surface area contributed by atoms with Gasteiger partial charge < -0.3 is 9.40 Å². The summed E-state index contributed by atoms with van der Waals surface area (Å²) in [5.41, 5.74) is 2.82. The highest BCUT2D eigenvalue weighted by molar-refractivity contribution is 6.30. The van der Waals surface area contributed by atoms with Crippen molar-refractivity contribution in [2.75, 3.05) is 0 Å². The number of rotatable bonds is 7. The number of tetrazole rings is 1. The minimum Gasteiger partial charge on any atom is -0.468 e. The van der Waals surface area contributed by atoms with Crippen molar-refractivity contribution >= 4 is 22.5 Å². The van der Waals surface area contributed by atoms with Gasteiger partial charge in [0.25, 0.3) is 5.56 Å². The molecular formula is C28H29ClN6O2. The number of hydrogen-bond donors (Lipinski definition) is 1. The highest BCUT2D eigenvalue weighted by atomic mass is 35.5.